The van der Waals surface area contributed by atoms with Crippen LogP contribution in [0.3, 0.4) is 0 Å². The van der Waals surface area contributed by atoms with E-state index in [9.17, 15) is 4.39 Å². The lowest BCUT2D eigenvalue weighted by Gasteiger charge is -2.33. The number of ether oxygens (including phenoxy) is 2. The van der Waals surface area contributed by atoms with Gasteiger partial charge in [-0.15, -0.1) is 0 Å². The zero-order chi connectivity index (χ0) is 14.8. The second-order valence-electron chi connectivity index (χ2n) is 5.18. The predicted molar refractivity (Wildman–Crippen MR) is 79.3 cm³/mol. The normalized spacial score (nSPS) is 18.3. The third-order valence-electron chi connectivity index (χ3n) is 3.78. The van der Waals surface area contributed by atoms with Gasteiger partial charge in [0.2, 0.25) is 0 Å². The summed E-state index contributed by atoms with van der Waals surface area (Å²) >= 11 is 0. The van der Waals surface area contributed by atoms with Gasteiger partial charge in [0.1, 0.15) is 12.4 Å². The Morgan fingerprint density at radius 2 is 1.95 bits per heavy atom. The number of fused-ring (bicyclic) bond motifs is 1. The van der Waals surface area contributed by atoms with Crippen LogP contribution in [0.15, 0.2) is 42.5 Å². The van der Waals surface area contributed by atoms with Crippen LogP contribution in [0.2, 0.25) is 0 Å². The summed E-state index contributed by atoms with van der Waals surface area (Å²) < 4.78 is 25.1. The highest BCUT2D eigenvalue weighted by atomic mass is 19.1. The van der Waals surface area contributed by atoms with Crippen LogP contribution in [-0.4, -0.2) is 19.8 Å². The van der Waals surface area contributed by atoms with Crippen LogP contribution in [0.4, 0.5) is 4.39 Å². The largest absolute Gasteiger partial charge is 0.486 e. The molecule has 2 unspecified atom stereocenters. The average molecular weight is 287 g/mol. The maximum atomic E-state index is 13.3. The molecule has 3 nitrogen and oxygen atoms in total. The van der Waals surface area contributed by atoms with E-state index in [1.807, 2.05) is 38.2 Å². The number of hydrogen-bond donors (Lipinski definition) is 1. The van der Waals surface area contributed by atoms with Crippen LogP contribution in [0, 0.1) is 12.7 Å². The molecule has 0 radical (unpaired) electrons. The summed E-state index contributed by atoms with van der Waals surface area (Å²) in [5.74, 6) is 1.28. The lowest BCUT2D eigenvalue weighted by Crippen LogP contribution is -2.40. The fourth-order valence-electron chi connectivity index (χ4n) is 2.73. The number of nitrogens with one attached hydrogen (secondary N) is 1. The predicted octanol–water partition coefficient (Wildman–Crippen LogP) is 3.23. The minimum absolute atomic E-state index is 0.0565. The zero-order valence-corrected chi connectivity index (χ0v) is 12.1. The molecule has 1 aliphatic heterocycles. The first-order valence-electron chi connectivity index (χ1n) is 7.01. The molecule has 0 fully saturated rings. The summed E-state index contributed by atoms with van der Waals surface area (Å²) in [4.78, 5) is 0. The van der Waals surface area contributed by atoms with Crippen molar-refractivity contribution in [2.75, 3.05) is 13.7 Å². The van der Waals surface area contributed by atoms with Gasteiger partial charge in [-0.25, -0.2) is 4.39 Å². The Labute approximate surface area is 123 Å². The van der Waals surface area contributed by atoms with Crippen molar-refractivity contribution in [3.63, 3.8) is 0 Å². The van der Waals surface area contributed by atoms with E-state index < -0.39 is 0 Å². The van der Waals surface area contributed by atoms with Crippen molar-refractivity contribution in [2.45, 2.75) is 19.1 Å². The van der Waals surface area contributed by atoms with Crippen LogP contribution < -0.4 is 14.8 Å². The molecule has 2 atom stereocenters. The number of halogens is 1. The third kappa shape index (κ3) is 2.72. The van der Waals surface area contributed by atoms with E-state index in [2.05, 4.69) is 5.32 Å². The monoisotopic (exact) mass is 287 g/mol. The molecule has 0 amide bonds. The SMILES string of the molecule is CNC(c1ccc(F)cc1C)C1COc2ccccc2O1. The molecule has 2 aromatic carbocycles. The van der Waals surface area contributed by atoms with Gasteiger partial charge in [-0.2, -0.15) is 0 Å². The van der Waals surface area contributed by atoms with Gasteiger partial charge in [0.15, 0.2) is 17.6 Å². The van der Waals surface area contributed by atoms with Crippen LogP contribution in [0.25, 0.3) is 0 Å². The molecule has 0 saturated carbocycles. The van der Waals surface area contributed by atoms with E-state index in [0.717, 1.165) is 22.6 Å². The minimum Gasteiger partial charge on any atom is -0.486 e. The molecule has 21 heavy (non-hydrogen) atoms. The van der Waals surface area contributed by atoms with Crippen LogP contribution in [0.1, 0.15) is 17.2 Å². The molecule has 3 rings (SSSR count). The molecule has 110 valence electrons. The van der Waals surface area contributed by atoms with Gasteiger partial charge in [0.25, 0.3) is 0 Å². The van der Waals surface area contributed by atoms with Crippen molar-refractivity contribution in [2.24, 2.45) is 0 Å². The van der Waals surface area contributed by atoms with Crippen LogP contribution in [-0.2, 0) is 0 Å². The molecular formula is C17H18FNO2. The molecular weight excluding hydrogens is 269 g/mol. The van der Waals surface area contributed by atoms with Crippen molar-refractivity contribution in [3.05, 3.63) is 59.4 Å². The van der Waals surface area contributed by atoms with Crippen LogP contribution >= 0.6 is 0 Å². The number of rotatable bonds is 3. The molecule has 1 heterocycles. The Bertz CT molecular complexity index is 644. The summed E-state index contributed by atoms with van der Waals surface area (Å²) in [6.45, 7) is 2.36. The molecule has 1 aliphatic rings. The molecule has 0 bridgehead atoms. The fourth-order valence-corrected chi connectivity index (χ4v) is 2.73. The Morgan fingerprint density at radius 1 is 1.19 bits per heavy atom. The first-order chi connectivity index (χ1) is 10.2. The first-order valence-corrected chi connectivity index (χ1v) is 7.01. The number of hydrogen-bond acceptors (Lipinski definition) is 3. The highest BCUT2D eigenvalue weighted by molar-refractivity contribution is 5.41. The van der Waals surface area contributed by atoms with Gasteiger partial charge in [-0.3, -0.25) is 0 Å². The molecule has 0 aromatic heterocycles. The zero-order valence-electron chi connectivity index (χ0n) is 12.1. The van der Waals surface area contributed by atoms with Crippen molar-refractivity contribution in [3.8, 4) is 11.5 Å². The Morgan fingerprint density at radius 3 is 2.67 bits per heavy atom. The summed E-state index contributed by atoms with van der Waals surface area (Å²) in [7, 11) is 1.87. The Hall–Kier alpha value is -2.07. The third-order valence-corrected chi connectivity index (χ3v) is 3.78. The molecule has 0 saturated heterocycles. The molecule has 4 heteroatoms. The number of likely N-dealkylation sites (N-methyl/N-ethyl adjacent to an activating group) is 1. The van der Waals surface area contributed by atoms with E-state index in [4.69, 9.17) is 9.47 Å². The van der Waals surface area contributed by atoms with Crippen molar-refractivity contribution in [1.29, 1.82) is 0 Å². The number of benzene rings is 2. The van der Waals surface area contributed by atoms with Crippen molar-refractivity contribution < 1.29 is 13.9 Å². The molecule has 0 spiro atoms. The second kappa shape index (κ2) is 5.74. The topological polar surface area (TPSA) is 30.5 Å². The number of para-hydroxylation sites is 2. The van der Waals surface area contributed by atoms with Gasteiger partial charge >= 0.3 is 0 Å². The first kappa shape index (κ1) is 13.9. The fraction of sp³-hybridized carbons (Fsp3) is 0.294. The quantitative estimate of drug-likeness (QED) is 0.940. The van der Waals surface area contributed by atoms with E-state index in [-0.39, 0.29) is 18.0 Å². The smallest absolute Gasteiger partial charge is 0.161 e. The van der Waals surface area contributed by atoms with Crippen molar-refractivity contribution in [1.82, 2.24) is 5.32 Å². The van der Waals surface area contributed by atoms with Gasteiger partial charge in [0.05, 0.1) is 6.04 Å². The highest BCUT2D eigenvalue weighted by Crippen LogP contribution is 2.34. The summed E-state index contributed by atoms with van der Waals surface area (Å²) in [6.07, 6.45) is -0.158. The standard InChI is InChI=1S/C17H18FNO2/c1-11-9-12(18)7-8-13(11)17(19-2)16-10-20-14-5-3-4-6-15(14)21-16/h3-9,16-17,19H,10H2,1-2H3. The second-order valence-corrected chi connectivity index (χ2v) is 5.18. The molecule has 1 N–H and O–H groups in total. The van der Waals surface area contributed by atoms with E-state index >= 15 is 0 Å². The lowest BCUT2D eigenvalue weighted by atomic mass is 9.96. The van der Waals surface area contributed by atoms with Gasteiger partial charge in [0, 0.05) is 0 Å². The number of aryl methyl sites for hydroxylation is 1. The van der Waals surface area contributed by atoms with Gasteiger partial charge in [-0.1, -0.05) is 18.2 Å². The molecule has 2 aromatic rings. The van der Waals surface area contributed by atoms with Gasteiger partial charge in [-0.05, 0) is 49.4 Å². The maximum absolute atomic E-state index is 13.3. The minimum atomic E-state index is -0.225. The van der Waals surface area contributed by atoms with E-state index in [1.54, 1.807) is 6.07 Å². The summed E-state index contributed by atoms with van der Waals surface area (Å²) in [5.41, 5.74) is 1.92. The lowest BCUT2D eigenvalue weighted by molar-refractivity contribution is 0.0636. The van der Waals surface area contributed by atoms with Crippen molar-refractivity contribution >= 4 is 0 Å². The van der Waals surface area contributed by atoms with E-state index in [1.165, 1.54) is 12.1 Å². The van der Waals surface area contributed by atoms with E-state index in [0.29, 0.717) is 6.61 Å². The Kier molecular flexibility index (Phi) is 3.80. The van der Waals surface area contributed by atoms with Gasteiger partial charge < -0.3 is 14.8 Å². The maximum Gasteiger partial charge on any atom is 0.161 e. The average Bonchev–Trinajstić information content (AvgIpc) is 2.50. The molecule has 0 aliphatic carbocycles. The highest BCUT2D eigenvalue weighted by Gasteiger charge is 2.29. The Balaban J connectivity index is 1.88. The van der Waals surface area contributed by atoms with Crippen LogP contribution in [0.5, 0.6) is 11.5 Å². The summed E-state index contributed by atoms with van der Waals surface area (Å²) in [5, 5.41) is 3.25. The summed E-state index contributed by atoms with van der Waals surface area (Å²) in [6, 6.07) is 12.4.